The van der Waals surface area contributed by atoms with Crippen LogP contribution in [-0.4, -0.2) is 34.7 Å². The second-order valence-corrected chi connectivity index (χ2v) is 7.92. The molecule has 2 aromatic heterocycles. The second kappa shape index (κ2) is 8.31. The second-order valence-electron chi connectivity index (χ2n) is 7.92. The average molecular weight is 445 g/mol. The van der Waals surface area contributed by atoms with Gasteiger partial charge < -0.3 is 14.1 Å². The number of alkyl halides is 3. The average Bonchev–Trinajstić information content (AvgIpc) is 3.06. The SMILES string of the molecule is Cc1cc(CN(C)Cc2nc3c(oc4ccccc43)c(=O)[nH]2)cc(C)c1OCC(F)(F)F. The molecule has 2 aromatic carbocycles. The number of furan rings is 1. The first-order chi connectivity index (χ1) is 15.1. The number of fused-ring (bicyclic) bond motifs is 3. The number of nitrogens with zero attached hydrogens (tertiary/aromatic N) is 2. The molecule has 4 aromatic rings. The number of aromatic nitrogens is 2. The van der Waals surface area contributed by atoms with Crippen molar-refractivity contribution < 1.29 is 22.3 Å². The molecule has 0 amide bonds. The van der Waals surface area contributed by atoms with Gasteiger partial charge in [0.15, 0.2) is 6.61 Å². The molecule has 1 N–H and O–H groups in total. The summed E-state index contributed by atoms with van der Waals surface area (Å²) in [4.78, 5) is 21.8. The smallest absolute Gasteiger partial charge is 0.422 e. The van der Waals surface area contributed by atoms with Crippen LogP contribution in [0, 0.1) is 13.8 Å². The van der Waals surface area contributed by atoms with Gasteiger partial charge in [0.2, 0.25) is 5.58 Å². The third kappa shape index (κ3) is 4.62. The molecule has 0 spiro atoms. The fraction of sp³-hybridized carbons (Fsp3) is 0.304. The summed E-state index contributed by atoms with van der Waals surface area (Å²) in [6, 6.07) is 10.9. The third-order valence-electron chi connectivity index (χ3n) is 5.05. The van der Waals surface area contributed by atoms with Gasteiger partial charge in [-0.05, 0) is 49.7 Å². The van der Waals surface area contributed by atoms with Crippen molar-refractivity contribution in [3.63, 3.8) is 0 Å². The normalized spacial score (nSPS) is 12.2. The van der Waals surface area contributed by atoms with Crippen LogP contribution < -0.4 is 10.3 Å². The molecule has 32 heavy (non-hydrogen) atoms. The zero-order valence-corrected chi connectivity index (χ0v) is 17.8. The summed E-state index contributed by atoms with van der Waals surface area (Å²) in [6.45, 7) is 3.00. The summed E-state index contributed by atoms with van der Waals surface area (Å²) in [5.74, 6) is 0.743. The van der Waals surface area contributed by atoms with Crippen LogP contribution in [0.15, 0.2) is 45.6 Å². The van der Waals surface area contributed by atoms with Crippen molar-refractivity contribution in [1.29, 1.82) is 0 Å². The lowest BCUT2D eigenvalue weighted by molar-refractivity contribution is -0.153. The highest BCUT2D eigenvalue weighted by atomic mass is 19.4. The fourth-order valence-electron chi connectivity index (χ4n) is 3.86. The molecule has 6 nitrogen and oxygen atoms in total. The van der Waals surface area contributed by atoms with E-state index in [1.807, 2.05) is 30.1 Å². The summed E-state index contributed by atoms with van der Waals surface area (Å²) in [7, 11) is 1.87. The highest BCUT2D eigenvalue weighted by Crippen LogP contribution is 2.28. The summed E-state index contributed by atoms with van der Waals surface area (Å²) in [6.07, 6.45) is -4.39. The van der Waals surface area contributed by atoms with E-state index in [1.54, 1.807) is 32.0 Å². The molecular weight excluding hydrogens is 423 g/mol. The Labute approximate surface area is 181 Å². The molecule has 9 heteroatoms. The van der Waals surface area contributed by atoms with Gasteiger partial charge >= 0.3 is 6.18 Å². The minimum Gasteiger partial charge on any atom is -0.484 e. The largest absolute Gasteiger partial charge is 0.484 e. The number of hydrogen-bond donors (Lipinski definition) is 1. The van der Waals surface area contributed by atoms with Gasteiger partial charge in [0.05, 0.1) is 6.54 Å². The van der Waals surface area contributed by atoms with Gasteiger partial charge in [0.1, 0.15) is 22.7 Å². The van der Waals surface area contributed by atoms with Crippen LogP contribution in [0.2, 0.25) is 0 Å². The van der Waals surface area contributed by atoms with Crippen LogP contribution >= 0.6 is 0 Å². The van der Waals surface area contributed by atoms with Crippen LogP contribution in [0.1, 0.15) is 22.5 Å². The molecule has 0 radical (unpaired) electrons. The standard InChI is InChI=1S/C23H22F3N3O3/c1-13-8-15(9-14(2)20(13)31-12-23(24,25)26)10-29(3)11-18-27-19-16-6-4-5-7-17(16)32-21(19)22(30)28-18/h4-9H,10-12H2,1-3H3,(H,27,28,30). The quantitative estimate of drug-likeness (QED) is 0.459. The van der Waals surface area contributed by atoms with E-state index < -0.39 is 12.8 Å². The topological polar surface area (TPSA) is 71.4 Å². The Kier molecular flexibility index (Phi) is 5.68. The highest BCUT2D eigenvalue weighted by molar-refractivity contribution is 6.01. The molecule has 0 atom stereocenters. The van der Waals surface area contributed by atoms with Gasteiger partial charge in [-0.25, -0.2) is 4.98 Å². The predicted molar refractivity (Wildman–Crippen MR) is 115 cm³/mol. The van der Waals surface area contributed by atoms with Crippen molar-refractivity contribution in [2.24, 2.45) is 0 Å². The van der Waals surface area contributed by atoms with E-state index in [0.29, 0.717) is 41.1 Å². The van der Waals surface area contributed by atoms with E-state index in [9.17, 15) is 18.0 Å². The molecule has 0 bridgehead atoms. The molecule has 0 aliphatic carbocycles. The Bertz CT molecular complexity index is 1320. The summed E-state index contributed by atoms with van der Waals surface area (Å²) in [5, 5.41) is 0.776. The minimum atomic E-state index is -4.39. The Balaban J connectivity index is 1.52. The molecular formula is C23H22F3N3O3. The fourth-order valence-corrected chi connectivity index (χ4v) is 3.86. The first-order valence-corrected chi connectivity index (χ1v) is 9.99. The van der Waals surface area contributed by atoms with Gasteiger partial charge in [-0.3, -0.25) is 9.69 Å². The number of benzene rings is 2. The lowest BCUT2D eigenvalue weighted by Gasteiger charge is -2.19. The van der Waals surface area contributed by atoms with Crippen molar-refractivity contribution in [1.82, 2.24) is 14.9 Å². The molecule has 0 unspecified atom stereocenters. The van der Waals surface area contributed by atoms with Crippen molar-refractivity contribution in [3.05, 3.63) is 69.3 Å². The van der Waals surface area contributed by atoms with Crippen molar-refractivity contribution in [2.45, 2.75) is 33.1 Å². The molecule has 0 fully saturated rings. The number of ether oxygens (including phenoxy) is 1. The predicted octanol–water partition coefficient (Wildman–Crippen LogP) is 4.86. The number of hydrogen-bond acceptors (Lipinski definition) is 5. The molecule has 4 rings (SSSR count). The maximum Gasteiger partial charge on any atom is 0.422 e. The molecule has 2 heterocycles. The van der Waals surface area contributed by atoms with Gasteiger partial charge in [-0.15, -0.1) is 0 Å². The Morgan fingerprint density at radius 2 is 1.81 bits per heavy atom. The molecule has 0 saturated carbocycles. The van der Waals surface area contributed by atoms with Gasteiger partial charge in [-0.2, -0.15) is 13.2 Å². The lowest BCUT2D eigenvalue weighted by Crippen LogP contribution is -2.22. The first kappa shape index (κ1) is 21.9. The van der Waals surface area contributed by atoms with E-state index in [2.05, 4.69) is 9.97 Å². The summed E-state index contributed by atoms with van der Waals surface area (Å²) in [5.41, 5.74) is 3.16. The number of H-pyrrole nitrogens is 1. The highest BCUT2D eigenvalue weighted by Gasteiger charge is 2.29. The van der Waals surface area contributed by atoms with E-state index in [-0.39, 0.29) is 16.9 Å². The number of aryl methyl sites for hydroxylation is 2. The Morgan fingerprint density at radius 1 is 1.12 bits per heavy atom. The first-order valence-electron chi connectivity index (χ1n) is 9.99. The number of halogens is 3. The van der Waals surface area contributed by atoms with Gasteiger partial charge in [0.25, 0.3) is 5.56 Å². The Hall–Kier alpha value is -3.33. The summed E-state index contributed by atoms with van der Waals surface area (Å²) < 4.78 is 48.0. The monoisotopic (exact) mass is 445 g/mol. The number of para-hydroxylation sites is 1. The molecule has 0 aliphatic rings. The van der Waals surface area contributed by atoms with Crippen LogP contribution in [-0.2, 0) is 13.1 Å². The maximum atomic E-state index is 12.5. The van der Waals surface area contributed by atoms with Gasteiger partial charge in [-0.1, -0.05) is 24.3 Å². The Morgan fingerprint density at radius 3 is 2.50 bits per heavy atom. The van der Waals surface area contributed by atoms with Crippen molar-refractivity contribution in [2.75, 3.05) is 13.7 Å². The van der Waals surface area contributed by atoms with E-state index in [0.717, 1.165) is 10.9 Å². The van der Waals surface area contributed by atoms with Crippen LogP contribution in [0.25, 0.3) is 22.1 Å². The zero-order valence-electron chi connectivity index (χ0n) is 17.8. The van der Waals surface area contributed by atoms with Crippen LogP contribution in [0.5, 0.6) is 5.75 Å². The van der Waals surface area contributed by atoms with E-state index in [4.69, 9.17) is 9.15 Å². The molecule has 168 valence electrons. The summed E-state index contributed by atoms with van der Waals surface area (Å²) >= 11 is 0. The number of aromatic amines is 1. The van der Waals surface area contributed by atoms with Crippen LogP contribution in [0.4, 0.5) is 13.2 Å². The number of nitrogens with one attached hydrogen (secondary N) is 1. The molecule has 0 aliphatic heterocycles. The minimum absolute atomic E-state index is 0.193. The van der Waals surface area contributed by atoms with Crippen LogP contribution in [0.3, 0.4) is 0 Å². The lowest BCUT2D eigenvalue weighted by atomic mass is 10.1. The maximum absolute atomic E-state index is 12.5. The van der Waals surface area contributed by atoms with E-state index >= 15 is 0 Å². The van der Waals surface area contributed by atoms with E-state index in [1.165, 1.54) is 0 Å². The number of rotatable bonds is 6. The van der Waals surface area contributed by atoms with Crippen molar-refractivity contribution >= 4 is 22.1 Å². The van der Waals surface area contributed by atoms with Gasteiger partial charge in [0, 0.05) is 11.9 Å². The molecule has 0 saturated heterocycles. The van der Waals surface area contributed by atoms with Crippen molar-refractivity contribution in [3.8, 4) is 5.75 Å². The third-order valence-corrected chi connectivity index (χ3v) is 5.05. The zero-order chi connectivity index (χ0) is 23.0.